The van der Waals surface area contributed by atoms with Gasteiger partial charge in [-0.15, -0.1) is 23.4 Å². The van der Waals surface area contributed by atoms with Crippen molar-refractivity contribution < 1.29 is 27.8 Å². The molecule has 0 aromatic heterocycles. The molecule has 0 saturated carbocycles. The number of likely N-dealkylation sites (tertiary alicyclic amines) is 1. The van der Waals surface area contributed by atoms with E-state index < -0.39 is 24.7 Å². The fraction of sp³-hybridized carbons (Fsp3) is 0.920. The second-order valence-electron chi connectivity index (χ2n) is 11.6. The quantitative estimate of drug-likeness (QED) is 0.163. The van der Waals surface area contributed by atoms with Gasteiger partial charge in [-0.25, -0.2) is 8.78 Å². The number of halogens is 3. The number of thioether (sulfide) groups is 1. The highest BCUT2D eigenvalue weighted by atomic mass is 35.5. The van der Waals surface area contributed by atoms with Crippen LogP contribution in [-0.2, 0) is 19.1 Å². The van der Waals surface area contributed by atoms with Crippen LogP contribution >= 0.6 is 23.4 Å². The molecule has 6 N–H and O–H groups in total. The lowest BCUT2D eigenvalue weighted by molar-refractivity contribution is -0.139. The summed E-state index contributed by atoms with van der Waals surface area (Å²) in [5.41, 5.74) is -0.383. The molecule has 12 unspecified atom stereocenters. The van der Waals surface area contributed by atoms with Crippen LogP contribution in [0.5, 0.6) is 0 Å². The first-order valence-electron chi connectivity index (χ1n) is 14.1. The summed E-state index contributed by atoms with van der Waals surface area (Å²) in [4.78, 5) is 28.6. The highest BCUT2D eigenvalue weighted by Crippen LogP contribution is 2.38. The molecule has 5 heterocycles. The number of nitrogens with one attached hydrogen (secondary N) is 6. The van der Waals surface area contributed by atoms with Crippen molar-refractivity contribution >= 4 is 35.2 Å². The van der Waals surface area contributed by atoms with Crippen LogP contribution in [0.3, 0.4) is 0 Å². The fourth-order valence-electron chi connectivity index (χ4n) is 6.95. The molecule has 2 amide bonds. The molecule has 0 aromatic rings. The van der Waals surface area contributed by atoms with Crippen LogP contribution in [0.25, 0.3) is 0 Å². The van der Waals surface area contributed by atoms with Gasteiger partial charge in [-0.2, -0.15) is 0 Å². The monoisotopic (exact) mass is 609 g/mol. The van der Waals surface area contributed by atoms with E-state index in [1.54, 1.807) is 23.8 Å². The smallest absolute Gasteiger partial charge is 0.255 e. The SMILES string of the molecule is COC1CNC(Cl)CC1C1CC(C)NCC1C(=O)NC1NC2CN(C(=O)C3NCC(C(F)F)NC3OC)CC2S1. The predicted molar refractivity (Wildman–Crippen MR) is 148 cm³/mol. The van der Waals surface area contributed by atoms with Gasteiger partial charge in [0.1, 0.15) is 17.8 Å². The van der Waals surface area contributed by atoms with Crippen LogP contribution in [0.1, 0.15) is 19.8 Å². The molecule has 0 bridgehead atoms. The minimum atomic E-state index is -2.55. The second-order valence-corrected chi connectivity index (χ2v) is 13.5. The molecule has 5 rings (SSSR count). The molecule has 5 aliphatic rings. The van der Waals surface area contributed by atoms with Crippen LogP contribution in [0.15, 0.2) is 0 Å². The molecule has 228 valence electrons. The molecule has 12 atom stereocenters. The van der Waals surface area contributed by atoms with Crippen LogP contribution in [0, 0.1) is 17.8 Å². The number of nitrogens with zero attached hydrogens (tertiary/aromatic N) is 1. The Bertz CT molecular complexity index is 901. The van der Waals surface area contributed by atoms with Crippen LogP contribution in [0.4, 0.5) is 8.78 Å². The lowest BCUT2D eigenvalue weighted by Crippen LogP contribution is -2.67. The van der Waals surface area contributed by atoms with Crippen LogP contribution in [-0.4, -0.2) is 123 Å². The first kappa shape index (κ1) is 30.6. The Hall–Kier alpha value is -0.840. The summed E-state index contributed by atoms with van der Waals surface area (Å²) in [5, 5.41) is 19.2. The molecule has 5 fully saturated rings. The van der Waals surface area contributed by atoms with Gasteiger partial charge in [0.25, 0.3) is 6.43 Å². The van der Waals surface area contributed by atoms with Gasteiger partial charge < -0.3 is 30.3 Å². The number of hydrogen-bond acceptors (Lipinski definition) is 10. The zero-order valence-electron chi connectivity index (χ0n) is 23.1. The van der Waals surface area contributed by atoms with Gasteiger partial charge in [0.2, 0.25) is 11.8 Å². The highest BCUT2D eigenvalue weighted by Gasteiger charge is 2.48. The molecular formula is C25H42ClF2N7O4S. The van der Waals surface area contributed by atoms with Crippen molar-refractivity contribution in [1.82, 2.24) is 36.8 Å². The maximum Gasteiger partial charge on any atom is 0.255 e. The number of fused-ring (bicyclic) bond motifs is 1. The Labute approximate surface area is 243 Å². The van der Waals surface area contributed by atoms with E-state index in [2.05, 4.69) is 38.8 Å². The minimum Gasteiger partial charge on any atom is -0.380 e. The molecule has 0 radical (unpaired) electrons. The van der Waals surface area contributed by atoms with E-state index in [-0.39, 0.29) is 64.5 Å². The largest absolute Gasteiger partial charge is 0.380 e. The van der Waals surface area contributed by atoms with Gasteiger partial charge in [0, 0.05) is 64.3 Å². The van der Waals surface area contributed by atoms with Crippen LogP contribution < -0.4 is 31.9 Å². The third kappa shape index (κ3) is 6.55. The Kier molecular flexibility index (Phi) is 10.1. The highest BCUT2D eigenvalue weighted by molar-refractivity contribution is 8.00. The van der Waals surface area contributed by atoms with E-state index in [1.165, 1.54) is 7.11 Å². The van der Waals surface area contributed by atoms with E-state index in [0.717, 1.165) is 12.8 Å². The minimum absolute atomic E-state index is 0.00951. The number of alkyl halides is 3. The van der Waals surface area contributed by atoms with Gasteiger partial charge in [-0.3, -0.25) is 25.5 Å². The second kappa shape index (κ2) is 13.2. The predicted octanol–water partition coefficient (Wildman–Crippen LogP) is -0.727. The number of piperazine rings is 1. The number of hydrogen-bond donors (Lipinski definition) is 6. The van der Waals surface area contributed by atoms with Gasteiger partial charge in [0.05, 0.1) is 23.6 Å². The number of piperidine rings is 2. The molecule has 40 heavy (non-hydrogen) atoms. The molecule has 5 aliphatic heterocycles. The number of ether oxygens (including phenoxy) is 2. The summed E-state index contributed by atoms with van der Waals surface area (Å²) in [6.45, 7) is 4.39. The third-order valence-corrected chi connectivity index (χ3v) is 10.8. The number of rotatable bonds is 7. The Morgan fingerprint density at radius 3 is 2.52 bits per heavy atom. The summed E-state index contributed by atoms with van der Waals surface area (Å²) in [6, 6.07) is -1.48. The lowest BCUT2D eigenvalue weighted by atomic mass is 9.70. The Balaban J connectivity index is 1.15. The molecule has 0 aliphatic carbocycles. The third-order valence-electron chi connectivity index (χ3n) is 9.11. The van der Waals surface area contributed by atoms with E-state index in [1.807, 2.05) is 0 Å². The summed E-state index contributed by atoms with van der Waals surface area (Å²) >= 11 is 8.07. The zero-order chi connectivity index (χ0) is 28.6. The van der Waals surface area contributed by atoms with Crippen molar-refractivity contribution in [3.05, 3.63) is 0 Å². The number of carbonyl (C=O) groups is 2. The van der Waals surface area contributed by atoms with Crippen molar-refractivity contribution in [1.29, 1.82) is 0 Å². The maximum absolute atomic E-state index is 13.6. The first-order valence-corrected chi connectivity index (χ1v) is 15.5. The van der Waals surface area contributed by atoms with E-state index in [4.69, 9.17) is 21.1 Å². The first-order chi connectivity index (χ1) is 19.2. The number of carbonyl (C=O) groups excluding carboxylic acids is 2. The Morgan fingerprint density at radius 2 is 1.82 bits per heavy atom. The average Bonchev–Trinajstić information content (AvgIpc) is 3.51. The van der Waals surface area contributed by atoms with E-state index >= 15 is 0 Å². The summed E-state index contributed by atoms with van der Waals surface area (Å²) in [5.74, 6) is -0.0297. The zero-order valence-corrected chi connectivity index (χ0v) is 24.7. The van der Waals surface area contributed by atoms with Crippen molar-refractivity contribution in [3.8, 4) is 0 Å². The standard InChI is InChI=1S/C25H42ClF2N7O4S/c1-11-4-12(13-5-19(26)30-8-17(13)38-2)14(6-29-11)22(36)34-25-33-16-9-35(10-18(16)40-25)24(37)20-23(39-3)32-15(7-31-20)21(27)28/h11-21,23,25,29-33H,4-10H2,1-3H3,(H,34,36). The molecule has 11 nitrogen and oxygen atoms in total. The van der Waals surface area contributed by atoms with E-state index in [0.29, 0.717) is 32.2 Å². The topological polar surface area (TPSA) is 128 Å². The summed E-state index contributed by atoms with van der Waals surface area (Å²) < 4.78 is 37.4. The van der Waals surface area contributed by atoms with Gasteiger partial charge >= 0.3 is 0 Å². The maximum atomic E-state index is 13.6. The summed E-state index contributed by atoms with van der Waals surface area (Å²) in [6.07, 6.45) is -1.75. The van der Waals surface area contributed by atoms with Crippen molar-refractivity contribution in [2.45, 2.75) is 78.9 Å². The lowest BCUT2D eigenvalue weighted by Gasteiger charge is -2.45. The van der Waals surface area contributed by atoms with Crippen molar-refractivity contribution in [2.24, 2.45) is 17.8 Å². The van der Waals surface area contributed by atoms with Crippen molar-refractivity contribution in [2.75, 3.05) is 46.9 Å². The summed E-state index contributed by atoms with van der Waals surface area (Å²) in [7, 11) is 3.12. The number of amides is 2. The average molecular weight is 610 g/mol. The molecular weight excluding hydrogens is 568 g/mol. The molecule has 5 saturated heterocycles. The van der Waals surface area contributed by atoms with Gasteiger partial charge in [0.15, 0.2) is 0 Å². The Morgan fingerprint density at radius 1 is 1.02 bits per heavy atom. The molecule has 15 heteroatoms. The van der Waals surface area contributed by atoms with Gasteiger partial charge in [-0.1, -0.05) is 0 Å². The molecule has 0 spiro atoms. The van der Waals surface area contributed by atoms with Crippen LogP contribution in [0.2, 0.25) is 0 Å². The van der Waals surface area contributed by atoms with E-state index in [9.17, 15) is 18.4 Å². The van der Waals surface area contributed by atoms with Gasteiger partial charge in [-0.05, 0) is 31.6 Å². The van der Waals surface area contributed by atoms with Crippen molar-refractivity contribution in [3.63, 3.8) is 0 Å². The molecule has 0 aromatic carbocycles. The normalized spacial score (nSPS) is 44.0. The number of methoxy groups -OCH3 is 2. The fourth-order valence-corrected chi connectivity index (χ4v) is 8.65.